The van der Waals surface area contributed by atoms with Crippen LogP contribution in [0.3, 0.4) is 0 Å². The third kappa shape index (κ3) is 11.5. The average Bonchev–Trinajstić information content (AvgIpc) is 3.00. The number of nitrogens with one attached hydrogen (secondary N) is 5. The highest BCUT2D eigenvalue weighted by Gasteiger charge is 2.26. The Labute approximate surface area is 254 Å². The number of hydrogen-bond donors (Lipinski definition) is 6. The van der Waals surface area contributed by atoms with Crippen LogP contribution in [0.1, 0.15) is 50.3 Å². The largest absolute Gasteiger partial charge is 0.392 e. The van der Waals surface area contributed by atoms with Gasteiger partial charge in [0, 0.05) is 38.6 Å². The van der Waals surface area contributed by atoms with Gasteiger partial charge in [-0.05, 0) is 61.4 Å². The van der Waals surface area contributed by atoms with Crippen LogP contribution in [0.15, 0.2) is 78.9 Å². The second-order valence-corrected chi connectivity index (χ2v) is 11.4. The Morgan fingerprint density at radius 2 is 1.51 bits per heavy atom. The number of carbonyl (C=O) groups is 3. The third-order valence-corrected chi connectivity index (χ3v) is 7.11. The quantitative estimate of drug-likeness (QED) is 0.162. The molecule has 0 aliphatic carbocycles. The van der Waals surface area contributed by atoms with E-state index in [2.05, 4.69) is 26.6 Å². The molecule has 0 fully saturated rings. The van der Waals surface area contributed by atoms with Gasteiger partial charge in [0.1, 0.15) is 6.04 Å². The summed E-state index contributed by atoms with van der Waals surface area (Å²) < 4.78 is 0. The number of aryl methyl sites for hydroxylation is 1. The maximum atomic E-state index is 13.3. The predicted molar refractivity (Wildman–Crippen MR) is 170 cm³/mol. The summed E-state index contributed by atoms with van der Waals surface area (Å²) in [6, 6.07) is 24.8. The molecule has 6 N–H and O–H groups in total. The van der Waals surface area contributed by atoms with Crippen LogP contribution in [-0.4, -0.2) is 54.2 Å². The van der Waals surface area contributed by atoms with Crippen molar-refractivity contribution >= 4 is 17.8 Å². The number of aliphatic hydroxyl groups excluding tert-OH is 1. The molecule has 4 amide bonds. The van der Waals surface area contributed by atoms with Gasteiger partial charge in [-0.15, -0.1) is 0 Å². The van der Waals surface area contributed by atoms with Gasteiger partial charge >= 0.3 is 6.03 Å². The van der Waals surface area contributed by atoms with Crippen LogP contribution in [0.4, 0.5) is 4.79 Å². The number of benzene rings is 3. The minimum Gasteiger partial charge on any atom is -0.392 e. The molecule has 3 aromatic carbocycles. The van der Waals surface area contributed by atoms with Crippen molar-refractivity contribution in [3.05, 3.63) is 95.6 Å². The van der Waals surface area contributed by atoms with Crippen molar-refractivity contribution in [2.45, 2.75) is 70.8 Å². The summed E-state index contributed by atoms with van der Waals surface area (Å²) in [6.07, 6.45) is 0.743. The number of aliphatic hydroxyl groups is 1. The zero-order valence-corrected chi connectivity index (χ0v) is 25.6. The second kappa shape index (κ2) is 16.4. The molecule has 3 rings (SSSR count). The van der Waals surface area contributed by atoms with Gasteiger partial charge in [-0.1, -0.05) is 78.9 Å². The maximum absolute atomic E-state index is 13.3. The molecule has 9 nitrogen and oxygen atoms in total. The minimum absolute atomic E-state index is 0.163. The molecule has 0 saturated carbocycles. The Morgan fingerprint density at radius 3 is 2.19 bits per heavy atom. The fourth-order valence-corrected chi connectivity index (χ4v) is 4.69. The first-order chi connectivity index (χ1) is 20.6. The van der Waals surface area contributed by atoms with E-state index < -0.39 is 17.7 Å². The Bertz CT molecular complexity index is 1330. The van der Waals surface area contributed by atoms with E-state index in [1.807, 2.05) is 92.7 Å². The zero-order chi connectivity index (χ0) is 31.2. The van der Waals surface area contributed by atoms with Crippen molar-refractivity contribution in [2.24, 2.45) is 0 Å². The van der Waals surface area contributed by atoms with Gasteiger partial charge in [0.2, 0.25) is 11.8 Å². The molecule has 43 heavy (non-hydrogen) atoms. The summed E-state index contributed by atoms with van der Waals surface area (Å²) in [5.74, 6) is -0.473. The van der Waals surface area contributed by atoms with Crippen LogP contribution in [0, 0.1) is 0 Å². The van der Waals surface area contributed by atoms with Gasteiger partial charge < -0.3 is 31.7 Å². The molecule has 2 atom stereocenters. The van der Waals surface area contributed by atoms with Crippen molar-refractivity contribution in [3.63, 3.8) is 0 Å². The van der Waals surface area contributed by atoms with E-state index >= 15 is 0 Å². The van der Waals surface area contributed by atoms with E-state index in [-0.39, 0.29) is 24.3 Å². The van der Waals surface area contributed by atoms with Gasteiger partial charge in [-0.25, -0.2) is 4.79 Å². The lowest BCUT2D eigenvalue weighted by Crippen LogP contribution is -2.51. The molecule has 0 heterocycles. The molecule has 0 aliphatic rings. The summed E-state index contributed by atoms with van der Waals surface area (Å²) in [7, 11) is 1.58. The topological polar surface area (TPSA) is 132 Å². The highest BCUT2D eigenvalue weighted by Crippen LogP contribution is 2.24. The first kappa shape index (κ1) is 33.3. The van der Waals surface area contributed by atoms with Crippen molar-refractivity contribution in [1.29, 1.82) is 0 Å². The van der Waals surface area contributed by atoms with E-state index in [1.54, 1.807) is 14.0 Å². The van der Waals surface area contributed by atoms with Gasteiger partial charge in [0.05, 0.1) is 6.10 Å². The summed E-state index contributed by atoms with van der Waals surface area (Å²) in [4.78, 5) is 38.0. The van der Waals surface area contributed by atoms with Crippen LogP contribution in [-0.2, 0) is 29.1 Å². The van der Waals surface area contributed by atoms with Gasteiger partial charge in [0.15, 0.2) is 0 Å². The van der Waals surface area contributed by atoms with E-state index in [0.29, 0.717) is 32.5 Å². The van der Waals surface area contributed by atoms with Crippen LogP contribution < -0.4 is 26.6 Å². The highest BCUT2D eigenvalue weighted by atomic mass is 16.3. The third-order valence-electron chi connectivity index (χ3n) is 7.11. The summed E-state index contributed by atoms with van der Waals surface area (Å²) in [5, 5.41) is 24.1. The Kier molecular flexibility index (Phi) is 12.7. The fourth-order valence-electron chi connectivity index (χ4n) is 4.69. The molecule has 0 unspecified atom stereocenters. The Hall–Kier alpha value is -4.21. The van der Waals surface area contributed by atoms with E-state index in [9.17, 15) is 19.5 Å². The van der Waals surface area contributed by atoms with E-state index in [0.717, 1.165) is 27.8 Å². The lowest BCUT2D eigenvalue weighted by Gasteiger charge is -2.28. The Balaban J connectivity index is 1.64. The van der Waals surface area contributed by atoms with Crippen molar-refractivity contribution < 1.29 is 19.5 Å². The summed E-state index contributed by atoms with van der Waals surface area (Å²) in [5.41, 5.74) is 4.49. The first-order valence-electron chi connectivity index (χ1n) is 14.7. The monoisotopic (exact) mass is 587 g/mol. The lowest BCUT2D eigenvalue weighted by atomic mass is 9.98. The van der Waals surface area contributed by atoms with Crippen molar-refractivity contribution in [1.82, 2.24) is 26.6 Å². The highest BCUT2D eigenvalue weighted by molar-refractivity contribution is 5.88. The van der Waals surface area contributed by atoms with Crippen LogP contribution >= 0.6 is 0 Å². The summed E-state index contributed by atoms with van der Waals surface area (Å²) in [6.45, 7) is 6.57. The number of urea groups is 1. The molecular weight excluding hydrogens is 542 g/mol. The van der Waals surface area contributed by atoms with Gasteiger partial charge in [-0.3, -0.25) is 9.59 Å². The molecule has 230 valence electrons. The van der Waals surface area contributed by atoms with Crippen LogP contribution in [0.5, 0.6) is 0 Å². The molecule has 0 aliphatic heterocycles. The normalized spacial score (nSPS) is 12.6. The van der Waals surface area contributed by atoms with Crippen molar-refractivity contribution in [3.8, 4) is 11.1 Å². The van der Waals surface area contributed by atoms with Crippen LogP contribution in [0.25, 0.3) is 11.1 Å². The van der Waals surface area contributed by atoms with E-state index in [1.165, 1.54) is 0 Å². The number of β-amino-alcohol motifs (C(OH)–C–C–N with tert-alkyl or cyclic N) is 1. The molecule has 0 saturated heterocycles. The number of hydrogen-bond acceptors (Lipinski definition) is 5. The summed E-state index contributed by atoms with van der Waals surface area (Å²) >= 11 is 0. The first-order valence-corrected chi connectivity index (χ1v) is 14.7. The average molecular weight is 588 g/mol. The van der Waals surface area contributed by atoms with Gasteiger partial charge in [-0.2, -0.15) is 0 Å². The molecule has 0 aromatic heterocycles. The standard InChI is InChI=1S/C34H45N5O4/c1-24(40)21-38-34(2,3)20-31(41)39-30(19-16-25-10-6-5-7-11-25)32(42)36-22-26-14-17-27(18-15-26)29-13-9-8-12-28(29)23-37-33(43)35-4/h5-15,17-18,24,30,38,40H,16,19-23H2,1-4H3,(H,36,42)(H,39,41)(H2,35,37,43)/t24-,30-/m1/s1. The van der Waals surface area contributed by atoms with Crippen LogP contribution in [0.2, 0.25) is 0 Å². The van der Waals surface area contributed by atoms with E-state index in [4.69, 9.17) is 0 Å². The molecule has 0 spiro atoms. The molecule has 0 radical (unpaired) electrons. The lowest BCUT2D eigenvalue weighted by molar-refractivity contribution is -0.129. The number of carbonyl (C=O) groups excluding carboxylic acids is 3. The molecule has 3 aromatic rings. The molecular formula is C34H45N5O4. The maximum Gasteiger partial charge on any atom is 0.314 e. The Morgan fingerprint density at radius 1 is 0.837 bits per heavy atom. The SMILES string of the molecule is CNC(=O)NCc1ccccc1-c1ccc(CNC(=O)[C@@H](CCc2ccccc2)NC(=O)CC(C)(C)NC[C@@H](C)O)cc1. The molecule has 0 bridgehead atoms. The van der Waals surface area contributed by atoms with Gasteiger partial charge in [0.25, 0.3) is 0 Å². The minimum atomic E-state index is -0.695. The molecule has 9 heteroatoms. The second-order valence-electron chi connectivity index (χ2n) is 11.4. The number of amides is 4. The number of rotatable bonds is 15. The zero-order valence-electron chi connectivity index (χ0n) is 25.6. The smallest absolute Gasteiger partial charge is 0.314 e. The predicted octanol–water partition coefficient (Wildman–Crippen LogP) is 3.66. The fraction of sp³-hybridized carbons (Fsp3) is 0.382. The van der Waals surface area contributed by atoms with Crippen molar-refractivity contribution in [2.75, 3.05) is 13.6 Å².